The first-order valence-corrected chi connectivity index (χ1v) is 10.8. The number of allylic oxidation sites excluding steroid dienone is 1. The van der Waals surface area contributed by atoms with Gasteiger partial charge in [0.05, 0.1) is 11.4 Å². The molecule has 0 bridgehead atoms. The Kier molecular flexibility index (Phi) is 7.16. The van der Waals surface area contributed by atoms with E-state index >= 15 is 0 Å². The number of hydrogen-bond donors (Lipinski definition) is 1. The maximum absolute atomic E-state index is 12.8. The van der Waals surface area contributed by atoms with Crippen molar-refractivity contribution in [3.8, 4) is 6.07 Å². The lowest BCUT2D eigenvalue weighted by Gasteiger charge is -2.21. The van der Waals surface area contributed by atoms with E-state index in [-0.39, 0.29) is 30.1 Å². The van der Waals surface area contributed by atoms with Crippen LogP contribution in [0.3, 0.4) is 0 Å². The summed E-state index contributed by atoms with van der Waals surface area (Å²) in [5, 5.41) is 12.5. The highest BCUT2D eigenvalue weighted by Gasteiger charge is 2.31. The number of amides is 1. The number of fused-ring (bicyclic) bond motifs is 1. The van der Waals surface area contributed by atoms with E-state index < -0.39 is 0 Å². The predicted octanol–water partition coefficient (Wildman–Crippen LogP) is 4.14. The van der Waals surface area contributed by atoms with Crippen molar-refractivity contribution in [2.75, 3.05) is 47.2 Å². The van der Waals surface area contributed by atoms with E-state index in [1.165, 1.54) is 0 Å². The highest BCUT2D eigenvalue weighted by molar-refractivity contribution is 6.04. The van der Waals surface area contributed by atoms with Crippen molar-refractivity contribution in [3.63, 3.8) is 0 Å². The number of hydrogen-bond acceptors (Lipinski definition) is 6. The second-order valence-corrected chi connectivity index (χ2v) is 7.61. The van der Waals surface area contributed by atoms with Crippen molar-refractivity contribution in [1.82, 2.24) is 0 Å². The standard InChI is InChI=1S/C25H29N5O2/c1-5-30(6-2)19-13-11-18(12-14-19)27-24(32)16-15-23(31)20(17-26)25-28(3)21-9-7-8-10-22(21)29(25)4/h7-14H,5-6,15-16H2,1-4H3,(H,27,32). The third kappa shape index (κ3) is 4.59. The average molecular weight is 432 g/mol. The fourth-order valence-electron chi connectivity index (χ4n) is 3.98. The van der Waals surface area contributed by atoms with Crippen LogP contribution in [0.2, 0.25) is 0 Å². The van der Waals surface area contributed by atoms with Crippen LogP contribution in [0.25, 0.3) is 0 Å². The van der Waals surface area contributed by atoms with Gasteiger partial charge in [-0.3, -0.25) is 9.59 Å². The van der Waals surface area contributed by atoms with Crippen LogP contribution in [0, 0.1) is 11.3 Å². The van der Waals surface area contributed by atoms with Crippen LogP contribution in [0.15, 0.2) is 59.9 Å². The predicted molar refractivity (Wildman–Crippen MR) is 129 cm³/mol. The first-order chi connectivity index (χ1) is 15.4. The second kappa shape index (κ2) is 10.0. The van der Waals surface area contributed by atoms with E-state index in [9.17, 15) is 14.9 Å². The van der Waals surface area contributed by atoms with Gasteiger partial charge >= 0.3 is 0 Å². The van der Waals surface area contributed by atoms with Gasteiger partial charge in [-0.1, -0.05) is 12.1 Å². The Morgan fingerprint density at radius 2 is 1.50 bits per heavy atom. The topological polar surface area (TPSA) is 79.7 Å². The fourth-order valence-corrected chi connectivity index (χ4v) is 3.98. The molecule has 166 valence electrons. The summed E-state index contributed by atoms with van der Waals surface area (Å²) >= 11 is 0. The highest BCUT2D eigenvalue weighted by atomic mass is 16.2. The molecule has 2 aromatic rings. The molecule has 1 aliphatic heterocycles. The summed E-state index contributed by atoms with van der Waals surface area (Å²) in [5.41, 5.74) is 3.69. The van der Waals surface area contributed by atoms with Gasteiger partial charge in [0.15, 0.2) is 5.78 Å². The van der Waals surface area contributed by atoms with Crippen molar-refractivity contribution < 1.29 is 9.59 Å². The summed E-state index contributed by atoms with van der Waals surface area (Å²) in [4.78, 5) is 31.1. The number of nitrogens with one attached hydrogen (secondary N) is 1. The van der Waals surface area contributed by atoms with Gasteiger partial charge in [0.2, 0.25) is 5.91 Å². The van der Waals surface area contributed by atoms with Crippen molar-refractivity contribution in [3.05, 3.63) is 59.9 Å². The van der Waals surface area contributed by atoms with Crippen molar-refractivity contribution >= 4 is 34.4 Å². The quantitative estimate of drug-likeness (QED) is 0.500. The monoisotopic (exact) mass is 431 g/mol. The van der Waals surface area contributed by atoms with Crippen LogP contribution < -0.4 is 20.0 Å². The largest absolute Gasteiger partial charge is 0.372 e. The molecule has 0 unspecified atom stereocenters. The molecular weight excluding hydrogens is 402 g/mol. The maximum Gasteiger partial charge on any atom is 0.224 e. The lowest BCUT2D eigenvalue weighted by molar-refractivity contribution is -0.120. The van der Waals surface area contributed by atoms with Gasteiger partial charge in [-0.05, 0) is 50.2 Å². The van der Waals surface area contributed by atoms with Crippen molar-refractivity contribution in [1.29, 1.82) is 5.26 Å². The molecule has 1 N–H and O–H groups in total. The number of benzene rings is 2. The molecule has 3 rings (SSSR count). The number of carbonyl (C=O) groups excluding carboxylic acids is 2. The third-order valence-electron chi connectivity index (χ3n) is 5.71. The van der Waals surface area contributed by atoms with Crippen LogP contribution in [0.5, 0.6) is 0 Å². The Labute approximate surface area is 189 Å². The molecule has 0 spiro atoms. The van der Waals surface area contributed by atoms with Gasteiger partial charge in [0, 0.05) is 51.4 Å². The molecule has 7 heteroatoms. The zero-order chi connectivity index (χ0) is 23.3. The minimum Gasteiger partial charge on any atom is -0.372 e. The Bertz CT molecular complexity index is 1030. The van der Waals surface area contributed by atoms with E-state index in [4.69, 9.17) is 0 Å². The molecule has 7 nitrogen and oxygen atoms in total. The number of para-hydroxylation sites is 2. The van der Waals surface area contributed by atoms with Gasteiger partial charge in [-0.15, -0.1) is 0 Å². The Morgan fingerprint density at radius 1 is 0.938 bits per heavy atom. The molecule has 1 aliphatic rings. The first-order valence-electron chi connectivity index (χ1n) is 10.8. The molecule has 0 saturated carbocycles. The fraction of sp³-hybridized carbons (Fsp3) is 0.320. The van der Waals surface area contributed by atoms with Crippen LogP contribution in [-0.4, -0.2) is 38.9 Å². The minimum atomic E-state index is -0.346. The summed E-state index contributed by atoms with van der Waals surface area (Å²) in [7, 11) is 3.66. The lowest BCUT2D eigenvalue weighted by atomic mass is 10.1. The molecule has 0 fully saturated rings. The summed E-state index contributed by atoms with van der Waals surface area (Å²) in [6.07, 6.45) is -0.0246. The normalized spacial score (nSPS) is 12.3. The van der Waals surface area contributed by atoms with E-state index in [1.807, 2.05) is 72.4 Å². The number of ketones is 1. The number of Topliss-reactive ketones (excluding diaryl/α,β-unsaturated/α-hetero) is 1. The van der Waals surface area contributed by atoms with E-state index in [1.54, 1.807) is 0 Å². The van der Waals surface area contributed by atoms with Crippen LogP contribution in [-0.2, 0) is 9.59 Å². The second-order valence-electron chi connectivity index (χ2n) is 7.61. The Hall–Kier alpha value is -3.79. The minimum absolute atomic E-state index is 0.00939. The number of carbonyl (C=O) groups is 2. The zero-order valence-electron chi connectivity index (χ0n) is 19.1. The summed E-state index contributed by atoms with van der Waals surface area (Å²) in [5.74, 6) is -0.0696. The van der Waals surface area contributed by atoms with Gasteiger partial charge in [-0.25, -0.2) is 0 Å². The maximum atomic E-state index is 12.8. The molecule has 0 atom stereocenters. The first kappa shape index (κ1) is 22.9. The highest BCUT2D eigenvalue weighted by Crippen LogP contribution is 2.40. The number of rotatable bonds is 8. The molecule has 1 heterocycles. The lowest BCUT2D eigenvalue weighted by Crippen LogP contribution is -2.26. The smallest absolute Gasteiger partial charge is 0.224 e. The van der Waals surface area contributed by atoms with E-state index in [0.717, 1.165) is 30.2 Å². The van der Waals surface area contributed by atoms with Crippen molar-refractivity contribution in [2.24, 2.45) is 0 Å². The third-order valence-corrected chi connectivity index (χ3v) is 5.71. The summed E-state index contributed by atoms with van der Waals surface area (Å²) < 4.78 is 0. The summed E-state index contributed by atoms with van der Waals surface area (Å²) in [6.45, 7) is 6.02. The Morgan fingerprint density at radius 3 is 2.00 bits per heavy atom. The van der Waals surface area contributed by atoms with Crippen LogP contribution >= 0.6 is 0 Å². The van der Waals surface area contributed by atoms with Gasteiger partial charge in [-0.2, -0.15) is 5.26 Å². The summed E-state index contributed by atoms with van der Waals surface area (Å²) in [6, 6.07) is 17.4. The molecule has 32 heavy (non-hydrogen) atoms. The molecule has 1 amide bonds. The van der Waals surface area contributed by atoms with E-state index in [2.05, 4.69) is 30.1 Å². The zero-order valence-corrected chi connectivity index (χ0v) is 19.1. The van der Waals surface area contributed by atoms with E-state index in [0.29, 0.717) is 11.5 Å². The number of nitriles is 1. The Balaban J connectivity index is 1.64. The van der Waals surface area contributed by atoms with Gasteiger partial charge in [0.25, 0.3) is 0 Å². The molecule has 0 aliphatic carbocycles. The van der Waals surface area contributed by atoms with Crippen LogP contribution in [0.4, 0.5) is 22.7 Å². The molecule has 2 aromatic carbocycles. The van der Waals surface area contributed by atoms with Gasteiger partial charge in [0.1, 0.15) is 17.5 Å². The molecule has 0 aromatic heterocycles. The average Bonchev–Trinajstić information content (AvgIpc) is 3.05. The molecule has 0 saturated heterocycles. The molecule has 0 radical (unpaired) electrons. The number of anilines is 4. The van der Waals surface area contributed by atoms with Crippen LogP contribution in [0.1, 0.15) is 26.7 Å². The molecular formula is C25H29N5O2. The van der Waals surface area contributed by atoms with Crippen molar-refractivity contribution in [2.45, 2.75) is 26.7 Å². The SMILES string of the molecule is CCN(CC)c1ccc(NC(=O)CCC(=O)C(C#N)=C2N(C)c3ccccc3N2C)cc1. The number of nitrogens with zero attached hydrogens (tertiary/aromatic N) is 4. The van der Waals surface area contributed by atoms with Gasteiger partial charge < -0.3 is 20.0 Å².